The van der Waals surface area contributed by atoms with Gasteiger partial charge in [0.2, 0.25) is 0 Å². The predicted octanol–water partition coefficient (Wildman–Crippen LogP) is 3.64. The molecule has 1 amide bonds. The van der Waals surface area contributed by atoms with Crippen LogP contribution < -0.4 is 0 Å². The number of carbonyl (C=O) groups excluding carboxylic acids is 2. The molecule has 1 N–H and O–H groups in total. The maximum Gasteiger partial charge on any atom is 0.355 e. The highest BCUT2D eigenvalue weighted by Gasteiger charge is 2.25. The van der Waals surface area contributed by atoms with Crippen molar-refractivity contribution < 1.29 is 19.2 Å². The summed E-state index contributed by atoms with van der Waals surface area (Å²) in [4.78, 5) is 39.6. The van der Waals surface area contributed by atoms with E-state index in [2.05, 4.69) is 4.98 Å². The Bertz CT molecular complexity index is 907. The van der Waals surface area contributed by atoms with Gasteiger partial charge in [0.05, 0.1) is 17.1 Å². The number of esters is 1. The van der Waals surface area contributed by atoms with Crippen molar-refractivity contribution in [1.82, 2.24) is 9.88 Å². The molecule has 1 aromatic carbocycles. The van der Waals surface area contributed by atoms with E-state index in [1.54, 1.807) is 27.8 Å². The third kappa shape index (κ3) is 4.28. The number of aryl methyl sites for hydroxylation is 1. The Morgan fingerprint density at radius 2 is 2.00 bits per heavy atom. The van der Waals surface area contributed by atoms with Crippen LogP contribution in [-0.4, -0.2) is 40.3 Å². The zero-order valence-corrected chi connectivity index (χ0v) is 16.2. The molecular formula is C18H20ClN3O5. The van der Waals surface area contributed by atoms with Crippen molar-refractivity contribution >= 4 is 29.2 Å². The van der Waals surface area contributed by atoms with Gasteiger partial charge in [0, 0.05) is 36.4 Å². The highest BCUT2D eigenvalue weighted by molar-refractivity contribution is 6.31. The number of amides is 1. The Labute approximate surface area is 161 Å². The van der Waals surface area contributed by atoms with Gasteiger partial charge in [-0.3, -0.25) is 14.9 Å². The number of nitrogens with zero attached hydrogens (tertiary/aromatic N) is 2. The van der Waals surface area contributed by atoms with Gasteiger partial charge in [0.15, 0.2) is 0 Å². The van der Waals surface area contributed by atoms with Crippen LogP contribution in [0.5, 0.6) is 0 Å². The average molecular weight is 394 g/mol. The SMILES string of the molecule is CCOC(=O)c1[nH]c(C)c(C(=O)N(C)Cc2cc([N+](=O)[O-])ccc2Cl)c1C. The van der Waals surface area contributed by atoms with E-state index in [0.29, 0.717) is 27.4 Å². The third-order valence-electron chi connectivity index (χ3n) is 4.13. The number of ether oxygens (including phenoxy) is 1. The smallest absolute Gasteiger partial charge is 0.355 e. The molecule has 2 rings (SSSR count). The summed E-state index contributed by atoms with van der Waals surface area (Å²) in [5.74, 6) is -0.860. The van der Waals surface area contributed by atoms with Crippen LogP contribution >= 0.6 is 11.6 Å². The number of benzene rings is 1. The van der Waals surface area contributed by atoms with Crippen molar-refractivity contribution in [3.05, 3.63) is 61.4 Å². The van der Waals surface area contributed by atoms with E-state index in [9.17, 15) is 19.7 Å². The highest BCUT2D eigenvalue weighted by atomic mass is 35.5. The van der Waals surface area contributed by atoms with Gasteiger partial charge in [-0.2, -0.15) is 0 Å². The zero-order valence-electron chi connectivity index (χ0n) is 15.5. The average Bonchev–Trinajstić information content (AvgIpc) is 2.90. The highest BCUT2D eigenvalue weighted by Crippen LogP contribution is 2.25. The molecule has 1 heterocycles. The minimum atomic E-state index is -0.526. The molecule has 27 heavy (non-hydrogen) atoms. The molecule has 0 aliphatic rings. The molecule has 0 saturated carbocycles. The summed E-state index contributed by atoms with van der Waals surface area (Å²) in [7, 11) is 1.56. The van der Waals surface area contributed by atoms with Crippen molar-refractivity contribution in [2.75, 3.05) is 13.7 Å². The van der Waals surface area contributed by atoms with Gasteiger partial charge < -0.3 is 14.6 Å². The summed E-state index contributed by atoms with van der Waals surface area (Å²) in [6.45, 7) is 5.36. The van der Waals surface area contributed by atoms with Crippen LogP contribution in [0.25, 0.3) is 0 Å². The van der Waals surface area contributed by atoms with E-state index in [1.807, 2.05) is 0 Å². The first-order chi connectivity index (χ1) is 12.7. The van der Waals surface area contributed by atoms with Gasteiger partial charge >= 0.3 is 5.97 Å². The summed E-state index contributed by atoms with van der Waals surface area (Å²) >= 11 is 6.11. The molecule has 0 unspecified atom stereocenters. The lowest BCUT2D eigenvalue weighted by Crippen LogP contribution is -2.27. The van der Waals surface area contributed by atoms with Crippen LogP contribution in [0.4, 0.5) is 5.69 Å². The molecular weight excluding hydrogens is 374 g/mol. The van der Waals surface area contributed by atoms with Crippen LogP contribution in [0, 0.1) is 24.0 Å². The standard InChI is InChI=1S/C18H20ClN3O5/c1-5-27-18(24)16-10(2)15(11(3)20-16)17(23)21(4)9-12-8-13(22(25)26)6-7-14(12)19/h6-8,20H,5,9H2,1-4H3. The van der Waals surface area contributed by atoms with Crippen molar-refractivity contribution in [3.8, 4) is 0 Å². The predicted molar refractivity (Wildman–Crippen MR) is 100 cm³/mol. The maximum absolute atomic E-state index is 12.9. The van der Waals surface area contributed by atoms with Crippen molar-refractivity contribution in [3.63, 3.8) is 0 Å². The minimum absolute atomic E-state index is 0.0815. The summed E-state index contributed by atoms with van der Waals surface area (Å²) < 4.78 is 4.99. The molecule has 8 nitrogen and oxygen atoms in total. The third-order valence-corrected chi connectivity index (χ3v) is 4.49. The molecule has 144 valence electrons. The summed E-state index contributed by atoms with van der Waals surface area (Å²) in [6, 6.07) is 4.08. The molecule has 2 aromatic rings. The van der Waals surface area contributed by atoms with Crippen LogP contribution in [0.1, 0.15) is 44.6 Å². The first-order valence-electron chi connectivity index (χ1n) is 8.21. The number of non-ortho nitro benzene ring substituents is 1. The topological polar surface area (TPSA) is 106 Å². The fourth-order valence-electron chi connectivity index (χ4n) is 2.79. The van der Waals surface area contributed by atoms with Crippen molar-refractivity contribution in [1.29, 1.82) is 0 Å². The monoisotopic (exact) mass is 393 g/mol. The van der Waals surface area contributed by atoms with E-state index in [-0.39, 0.29) is 30.4 Å². The van der Waals surface area contributed by atoms with Crippen LogP contribution in [0.15, 0.2) is 18.2 Å². The molecule has 0 spiro atoms. The Balaban J connectivity index is 2.30. The molecule has 0 bridgehead atoms. The summed E-state index contributed by atoms with van der Waals surface area (Å²) in [5, 5.41) is 11.3. The molecule has 0 atom stereocenters. The lowest BCUT2D eigenvalue weighted by atomic mass is 10.1. The second kappa shape index (κ2) is 8.22. The van der Waals surface area contributed by atoms with E-state index in [4.69, 9.17) is 16.3 Å². The number of aromatic nitrogens is 1. The molecule has 9 heteroatoms. The zero-order chi connectivity index (χ0) is 20.3. The fourth-order valence-corrected chi connectivity index (χ4v) is 2.97. The van der Waals surface area contributed by atoms with E-state index in [0.717, 1.165) is 0 Å². The second-order valence-electron chi connectivity index (χ2n) is 6.04. The number of nitro groups is 1. The molecule has 1 aromatic heterocycles. The normalized spacial score (nSPS) is 10.6. The fraction of sp³-hybridized carbons (Fsp3) is 0.333. The summed E-state index contributed by atoms with van der Waals surface area (Å²) in [6.07, 6.45) is 0. The second-order valence-corrected chi connectivity index (χ2v) is 6.45. The van der Waals surface area contributed by atoms with Crippen LogP contribution in [-0.2, 0) is 11.3 Å². The van der Waals surface area contributed by atoms with E-state index in [1.165, 1.54) is 23.1 Å². The van der Waals surface area contributed by atoms with Gasteiger partial charge in [-0.05, 0) is 38.0 Å². The van der Waals surface area contributed by atoms with Gasteiger partial charge in [0.25, 0.3) is 11.6 Å². The van der Waals surface area contributed by atoms with Crippen molar-refractivity contribution in [2.45, 2.75) is 27.3 Å². The van der Waals surface area contributed by atoms with Gasteiger partial charge in [0.1, 0.15) is 5.69 Å². The minimum Gasteiger partial charge on any atom is -0.461 e. The largest absolute Gasteiger partial charge is 0.461 e. The maximum atomic E-state index is 12.9. The van der Waals surface area contributed by atoms with Gasteiger partial charge in [-0.1, -0.05) is 11.6 Å². The molecule has 0 saturated heterocycles. The first-order valence-corrected chi connectivity index (χ1v) is 8.59. The van der Waals surface area contributed by atoms with Crippen LogP contribution in [0.2, 0.25) is 5.02 Å². The Kier molecular flexibility index (Phi) is 6.22. The number of rotatable bonds is 6. The summed E-state index contributed by atoms with van der Waals surface area (Å²) in [5.41, 5.74) is 1.99. The van der Waals surface area contributed by atoms with E-state index < -0.39 is 10.9 Å². The lowest BCUT2D eigenvalue weighted by Gasteiger charge is -2.18. The Hall–Kier alpha value is -2.87. The number of halogens is 1. The van der Waals surface area contributed by atoms with Gasteiger partial charge in [-0.25, -0.2) is 4.79 Å². The number of carbonyl (C=O) groups is 2. The number of hydrogen-bond acceptors (Lipinski definition) is 5. The number of nitro benzene ring substituents is 1. The number of hydrogen-bond donors (Lipinski definition) is 1. The number of H-pyrrole nitrogens is 1. The molecule has 0 aliphatic heterocycles. The van der Waals surface area contributed by atoms with Gasteiger partial charge in [-0.15, -0.1) is 0 Å². The lowest BCUT2D eigenvalue weighted by molar-refractivity contribution is -0.384. The molecule has 0 radical (unpaired) electrons. The first kappa shape index (κ1) is 20.4. The van der Waals surface area contributed by atoms with E-state index >= 15 is 0 Å². The number of aromatic amines is 1. The molecule has 0 aliphatic carbocycles. The van der Waals surface area contributed by atoms with Crippen LogP contribution in [0.3, 0.4) is 0 Å². The number of nitrogens with one attached hydrogen (secondary N) is 1. The Morgan fingerprint density at radius 1 is 1.33 bits per heavy atom. The Morgan fingerprint density at radius 3 is 2.59 bits per heavy atom. The van der Waals surface area contributed by atoms with Crippen molar-refractivity contribution in [2.24, 2.45) is 0 Å². The quantitative estimate of drug-likeness (QED) is 0.458. The molecule has 0 fully saturated rings.